The Kier molecular flexibility index (Phi) is 7.57. The highest BCUT2D eigenvalue weighted by Crippen LogP contribution is 2.27. The molecule has 1 aromatic heterocycles. The molecule has 3 aromatic rings. The molecule has 0 saturated carbocycles. The van der Waals surface area contributed by atoms with Crippen molar-refractivity contribution in [2.45, 2.75) is 37.5 Å². The molecule has 2 heterocycles. The van der Waals surface area contributed by atoms with Crippen molar-refractivity contribution in [2.24, 2.45) is 0 Å². The molecule has 0 amide bonds. The average Bonchev–Trinajstić information content (AvgIpc) is 3.13. The van der Waals surface area contributed by atoms with E-state index in [1.807, 2.05) is 43.3 Å². The van der Waals surface area contributed by atoms with Crippen LogP contribution in [0.3, 0.4) is 0 Å². The van der Waals surface area contributed by atoms with Crippen LogP contribution in [0.2, 0.25) is 0 Å². The van der Waals surface area contributed by atoms with Gasteiger partial charge in [0, 0.05) is 24.8 Å². The number of likely N-dealkylation sites (tertiary alicyclic amines) is 1. The molecule has 7 heteroatoms. The van der Waals surface area contributed by atoms with E-state index >= 15 is 0 Å². The van der Waals surface area contributed by atoms with Crippen LogP contribution in [-0.4, -0.2) is 44.2 Å². The van der Waals surface area contributed by atoms with Gasteiger partial charge in [-0.25, -0.2) is 13.4 Å². The normalized spacial score (nSPS) is 14.9. The number of hydrogen-bond acceptors (Lipinski definition) is 5. The van der Waals surface area contributed by atoms with Gasteiger partial charge in [0.2, 0.25) is 5.89 Å². The van der Waals surface area contributed by atoms with E-state index in [1.54, 1.807) is 12.1 Å². The minimum Gasteiger partial charge on any atom is -0.441 e. The Hall–Kier alpha value is -2.15. The number of halogens is 1. The number of hydrogen-bond donors (Lipinski definition) is 0. The summed E-state index contributed by atoms with van der Waals surface area (Å²) in [6, 6.07) is 15.0. The summed E-state index contributed by atoms with van der Waals surface area (Å²) in [5.41, 5.74) is 3.97. The van der Waals surface area contributed by atoms with Gasteiger partial charge in [-0.2, -0.15) is 0 Å². The van der Waals surface area contributed by atoms with E-state index in [-0.39, 0.29) is 12.4 Å². The van der Waals surface area contributed by atoms with Crippen molar-refractivity contribution in [2.75, 3.05) is 25.9 Å². The first-order chi connectivity index (χ1) is 14.4. The maximum absolute atomic E-state index is 11.6. The van der Waals surface area contributed by atoms with Gasteiger partial charge in [-0.3, -0.25) is 0 Å². The molecule has 1 aliphatic heterocycles. The summed E-state index contributed by atoms with van der Waals surface area (Å²) in [6.07, 6.45) is 6.08. The first kappa shape index (κ1) is 23.5. The van der Waals surface area contributed by atoms with E-state index in [9.17, 15) is 8.42 Å². The first-order valence-electron chi connectivity index (χ1n) is 10.5. The third-order valence-corrected chi connectivity index (χ3v) is 6.88. The van der Waals surface area contributed by atoms with Crippen LogP contribution >= 0.6 is 12.4 Å². The van der Waals surface area contributed by atoms with E-state index in [1.165, 1.54) is 38.6 Å². The molecule has 0 unspecified atom stereocenters. The fourth-order valence-electron chi connectivity index (χ4n) is 3.93. The molecular formula is C24H29ClN2O3S. The Morgan fingerprint density at radius 1 is 0.903 bits per heavy atom. The maximum Gasteiger partial charge on any atom is 0.226 e. The van der Waals surface area contributed by atoms with E-state index in [0.717, 1.165) is 41.1 Å². The lowest BCUT2D eigenvalue weighted by Crippen LogP contribution is -2.31. The predicted molar refractivity (Wildman–Crippen MR) is 126 cm³/mol. The smallest absolute Gasteiger partial charge is 0.226 e. The van der Waals surface area contributed by atoms with Crippen LogP contribution in [0.15, 0.2) is 57.8 Å². The van der Waals surface area contributed by atoms with Crippen molar-refractivity contribution in [1.82, 2.24) is 9.88 Å². The fraction of sp³-hybridized carbons (Fsp3) is 0.375. The number of rotatable bonds is 6. The highest BCUT2D eigenvalue weighted by Gasteiger charge is 2.15. The molecule has 0 N–H and O–H groups in total. The summed E-state index contributed by atoms with van der Waals surface area (Å²) in [4.78, 5) is 7.59. The summed E-state index contributed by atoms with van der Waals surface area (Å²) in [5.74, 6) is 1.54. The lowest BCUT2D eigenvalue weighted by Gasteiger charge is -2.25. The zero-order valence-electron chi connectivity index (χ0n) is 18.0. The van der Waals surface area contributed by atoms with Crippen molar-refractivity contribution in [1.29, 1.82) is 0 Å². The second-order valence-corrected chi connectivity index (χ2v) is 10.1. The van der Waals surface area contributed by atoms with Gasteiger partial charge >= 0.3 is 0 Å². The molecule has 4 rings (SSSR count). The van der Waals surface area contributed by atoms with Gasteiger partial charge in [-0.05, 0) is 68.2 Å². The molecule has 5 nitrogen and oxygen atoms in total. The Labute approximate surface area is 190 Å². The molecule has 166 valence electrons. The summed E-state index contributed by atoms with van der Waals surface area (Å²) in [7, 11) is -3.18. The quantitative estimate of drug-likeness (QED) is 0.507. The zero-order valence-corrected chi connectivity index (χ0v) is 19.6. The number of aryl methyl sites for hydroxylation is 1. The lowest BCUT2D eigenvalue weighted by atomic mass is 10.0. The van der Waals surface area contributed by atoms with Crippen LogP contribution in [0.1, 0.15) is 30.7 Å². The lowest BCUT2D eigenvalue weighted by molar-refractivity contribution is 0.230. The number of piperidine rings is 1. The van der Waals surface area contributed by atoms with Crippen LogP contribution in [0.5, 0.6) is 0 Å². The maximum atomic E-state index is 11.6. The van der Waals surface area contributed by atoms with E-state index in [0.29, 0.717) is 10.8 Å². The van der Waals surface area contributed by atoms with E-state index < -0.39 is 9.84 Å². The molecule has 1 fully saturated rings. The second kappa shape index (κ2) is 9.98. The summed E-state index contributed by atoms with van der Waals surface area (Å²) in [5, 5.41) is 0. The third-order valence-electron chi connectivity index (χ3n) is 5.75. The molecule has 1 aliphatic rings. The van der Waals surface area contributed by atoms with Crippen molar-refractivity contribution in [3.63, 3.8) is 0 Å². The number of aromatic nitrogens is 1. The van der Waals surface area contributed by atoms with Crippen LogP contribution in [0.4, 0.5) is 0 Å². The predicted octanol–water partition coefficient (Wildman–Crippen LogP) is 5.17. The minimum absolute atomic E-state index is 0. The largest absolute Gasteiger partial charge is 0.441 e. The third kappa shape index (κ3) is 5.76. The van der Waals surface area contributed by atoms with Gasteiger partial charge in [-0.1, -0.05) is 30.7 Å². The average molecular weight is 461 g/mol. The minimum atomic E-state index is -3.18. The van der Waals surface area contributed by atoms with Gasteiger partial charge in [0.25, 0.3) is 0 Å². The van der Waals surface area contributed by atoms with Crippen LogP contribution in [0.25, 0.3) is 22.6 Å². The Bertz CT molecular complexity index is 1100. The van der Waals surface area contributed by atoms with Crippen LogP contribution < -0.4 is 0 Å². The molecule has 0 atom stereocenters. The highest BCUT2D eigenvalue weighted by atomic mass is 35.5. The highest BCUT2D eigenvalue weighted by molar-refractivity contribution is 7.90. The van der Waals surface area contributed by atoms with Crippen LogP contribution in [-0.2, 0) is 16.3 Å². The monoisotopic (exact) mass is 460 g/mol. The van der Waals surface area contributed by atoms with Gasteiger partial charge in [0.15, 0.2) is 9.84 Å². The van der Waals surface area contributed by atoms with Gasteiger partial charge in [-0.15, -0.1) is 12.4 Å². The van der Waals surface area contributed by atoms with Crippen molar-refractivity contribution < 1.29 is 12.8 Å². The number of oxazole rings is 1. The standard InChI is InChI=1S/C24H28N2O3S.ClH/c1-18-23(14-17-26-15-4-3-5-16-26)25-24(29-18)21-8-6-19(7-9-21)20-10-12-22(13-11-20)30(2,27)28;/h6-13H,3-5,14-17H2,1-2H3;1H. The van der Waals surface area contributed by atoms with Crippen molar-refractivity contribution in [3.05, 3.63) is 60.0 Å². The Morgan fingerprint density at radius 3 is 2.03 bits per heavy atom. The second-order valence-electron chi connectivity index (χ2n) is 8.05. The Balaban J connectivity index is 0.00000272. The first-order valence-corrected chi connectivity index (χ1v) is 12.4. The number of benzene rings is 2. The van der Waals surface area contributed by atoms with Crippen molar-refractivity contribution >= 4 is 22.2 Å². The Morgan fingerprint density at radius 2 is 1.45 bits per heavy atom. The van der Waals surface area contributed by atoms with Gasteiger partial charge in [0.1, 0.15) is 5.76 Å². The zero-order chi connectivity index (χ0) is 21.1. The molecule has 0 spiro atoms. The van der Waals surface area contributed by atoms with Crippen molar-refractivity contribution in [3.8, 4) is 22.6 Å². The fourth-order valence-corrected chi connectivity index (χ4v) is 4.56. The topological polar surface area (TPSA) is 63.4 Å². The van der Waals surface area contributed by atoms with E-state index in [2.05, 4.69) is 4.90 Å². The molecular weight excluding hydrogens is 432 g/mol. The molecule has 0 bridgehead atoms. The molecule has 2 aromatic carbocycles. The van der Waals surface area contributed by atoms with E-state index in [4.69, 9.17) is 9.40 Å². The molecule has 1 saturated heterocycles. The van der Waals surface area contributed by atoms with Gasteiger partial charge < -0.3 is 9.32 Å². The summed E-state index contributed by atoms with van der Waals surface area (Å²) < 4.78 is 29.2. The summed E-state index contributed by atoms with van der Waals surface area (Å²) in [6.45, 7) is 5.40. The molecule has 31 heavy (non-hydrogen) atoms. The number of nitrogens with zero attached hydrogens (tertiary/aromatic N) is 2. The summed E-state index contributed by atoms with van der Waals surface area (Å²) >= 11 is 0. The number of sulfone groups is 1. The molecule has 0 radical (unpaired) electrons. The molecule has 0 aliphatic carbocycles. The van der Waals surface area contributed by atoms with Crippen LogP contribution in [0, 0.1) is 6.92 Å². The van der Waals surface area contributed by atoms with Gasteiger partial charge in [0.05, 0.1) is 10.6 Å². The SMILES string of the molecule is Cc1oc(-c2ccc(-c3ccc(S(C)(=O)=O)cc3)cc2)nc1CCN1CCCCC1.Cl.